The van der Waals surface area contributed by atoms with Crippen molar-refractivity contribution in [2.45, 2.75) is 45.3 Å². The first-order valence-electron chi connectivity index (χ1n) is 12.6. The summed E-state index contributed by atoms with van der Waals surface area (Å²) < 4.78 is 26.6. The minimum Gasteiger partial charge on any atom is -0.352 e. The quantitative estimate of drug-likeness (QED) is 0.310. The second-order valence-corrected chi connectivity index (χ2v) is 12.2. The number of amides is 2. The summed E-state index contributed by atoms with van der Waals surface area (Å²) in [5, 5.41) is 3.46. The maximum atomic E-state index is 14.0. The van der Waals surface area contributed by atoms with Gasteiger partial charge in [0.25, 0.3) is 0 Å². The molecule has 0 spiro atoms. The molecule has 0 unspecified atom stereocenters. The van der Waals surface area contributed by atoms with Gasteiger partial charge in [0.05, 0.1) is 11.9 Å². The number of carbonyl (C=O) groups is 2. The molecule has 2 amide bonds. The Bertz CT molecular complexity index is 1350. The number of sulfonamides is 1. The Morgan fingerprint density at radius 1 is 0.897 bits per heavy atom. The van der Waals surface area contributed by atoms with E-state index in [-0.39, 0.29) is 40.6 Å². The minimum absolute atomic E-state index is 0.106. The van der Waals surface area contributed by atoms with Crippen molar-refractivity contribution < 1.29 is 18.0 Å². The van der Waals surface area contributed by atoms with Gasteiger partial charge in [0.15, 0.2) is 0 Å². The number of nitrogens with one attached hydrogen (secondary N) is 1. The summed E-state index contributed by atoms with van der Waals surface area (Å²) in [6.07, 6.45) is 1.98. The summed E-state index contributed by atoms with van der Waals surface area (Å²) in [7, 11) is -3.91. The van der Waals surface area contributed by atoms with E-state index in [0.29, 0.717) is 6.42 Å². The summed E-state index contributed by atoms with van der Waals surface area (Å²) >= 11 is 12.3. The Labute approximate surface area is 240 Å². The van der Waals surface area contributed by atoms with Crippen molar-refractivity contribution in [1.29, 1.82) is 0 Å². The summed E-state index contributed by atoms with van der Waals surface area (Å²) in [6, 6.07) is 22.0. The molecule has 0 aliphatic heterocycles. The summed E-state index contributed by atoms with van der Waals surface area (Å²) in [6.45, 7) is 3.43. The molecular weight excluding hydrogens is 557 g/mol. The first-order chi connectivity index (χ1) is 18.5. The predicted octanol–water partition coefficient (Wildman–Crippen LogP) is 5.31. The molecule has 208 valence electrons. The Kier molecular flexibility index (Phi) is 10.8. The van der Waals surface area contributed by atoms with E-state index in [1.807, 2.05) is 74.5 Å². The Hall–Kier alpha value is -3.07. The number of hydrogen-bond donors (Lipinski definition) is 1. The molecule has 3 aromatic carbocycles. The molecule has 3 aromatic rings. The van der Waals surface area contributed by atoms with E-state index in [1.54, 1.807) is 0 Å². The van der Waals surface area contributed by atoms with E-state index in [9.17, 15) is 18.0 Å². The van der Waals surface area contributed by atoms with Crippen LogP contribution >= 0.6 is 23.2 Å². The van der Waals surface area contributed by atoms with E-state index in [0.717, 1.165) is 21.7 Å². The summed E-state index contributed by atoms with van der Waals surface area (Å²) in [5.41, 5.74) is 1.83. The van der Waals surface area contributed by atoms with Gasteiger partial charge in [-0.25, -0.2) is 8.42 Å². The lowest BCUT2D eigenvalue weighted by Gasteiger charge is -2.34. The zero-order valence-electron chi connectivity index (χ0n) is 22.2. The number of anilines is 1. The van der Waals surface area contributed by atoms with Crippen LogP contribution in [0.4, 0.5) is 5.69 Å². The molecular formula is C29H33Cl2N3O4S. The predicted molar refractivity (Wildman–Crippen MR) is 157 cm³/mol. The lowest BCUT2D eigenvalue weighted by molar-refractivity contribution is -0.140. The highest BCUT2D eigenvalue weighted by molar-refractivity contribution is 7.92. The molecule has 0 fully saturated rings. The Morgan fingerprint density at radius 2 is 1.44 bits per heavy atom. The van der Waals surface area contributed by atoms with Crippen molar-refractivity contribution in [3.8, 4) is 0 Å². The van der Waals surface area contributed by atoms with Gasteiger partial charge in [-0.05, 0) is 42.7 Å². The third kappa shape index (κ3) is 8.98. The van der Waals surface area contributed by atoms with Gasteiger partial charge in [0.2, 0.25) is 21.8 Å². The van der Waals surface area contributed by atoms with Gasteiger partial charge in [-0.3, -0.25) is 13.9 Å². The van der Waals surface area contributed by atoms with Crippen LogP contribution in [0.1, 0.15) is 31.4 Å². The van der Waals surface area contributed by atoms with Crippen molar-refractivity contribution >= 4 is 50.7 Å². The number of nitrogens with zero attached hydrogens (tertiary/aromatic N) is 2. The fraction of sp³-hybridized carbons (Fsp3) is 0.310. The molecule has 2 atom stereocenters. The molecule has 3 rings (SSSR count). The van der Waals surface area contributed by atoms with Gasteiger partial charge < -0.3 is 10.2 Å². The zero-order valence-corrected chi connectivity index (χ0v) is 24.5. The number of carbonyl (C=O) groups excluding carboxylic acids is 2. The molecule has 0 bridgehead atoms. The minimum atomic E-state index is -3.91. The molecule has 1 N–H and O–H groups in total. The zero-order chi connectivity index (χ0) is 28.6. The molecule has 0 aliphatic rings. The van der Waals surface area contributed by atoms with Crippen molar-refractivity contribution in [2.75, 3.05) is 17.1 Å². The average molecular weight is 591 g/mol. The lowest BCUT2D eigenvalue weighted by Crippen LogP contribution is -2.54. The molecule has 10 heteroatoms. The molecule has 0 heterocycles. The van der Waals surface area contributed by atoms with Crippen LogP contribution in [0.15, 0.2) is 78.9 Å². The van der Waals surface area contributed by atoms with E-state index in [1.165, 1.54) is 23.1 Å². The van der Waals surface area contributed by atoms with Gasteiger partial charge in [-0.2, -0.15) is 0 Å². The first kappa shape index (κ1) is 30.5. The van der Waals surface area contributed by atoms with Crippen LogP contribution < -0.4 is 9.62 Å². The van der Waals surface area contributed by atoms with Crippen molar-refractivity contribution in [1.82, 2.24) is 10.2 Å². The normalized spacial score (nSPS) is 12.8. The lowest BCUT2D eigenvalue weighted by atomic mass is 10.0. The van der Waals surface area contributed by atoms with Gasteiger partial charge in [-0.1, -0.05) is 90.8 Å². The maximum absolute atomic E-state index is 14.0. The topological polar surface area (TPSA) is 86.8 Å². The Morgan fingerprint density at radius 3 is 1.95 bits per heavy atom. The van der Waals surface area contributed by atoms with Crippen molar-refractivity contribution in [2.24, 2.45) is 0 Å². The second kappa shape index (κ2) is 13.8. The van der Waals surface area contributed by atoms with Crippen LogP contribution in [0.5, 0.6) is 0 Å². The highest BCUT2D eigenvalue weighted by Crippen LogP contribution is 2.27. The number of halogens is 2. The van der Waals surface area contributed by atoms with Crippen LogP contribution in [0.2, 0.25) is 10.0 Å². The van der Waals surface area contributed by atoms with Crippen LogP contribution in [-0.2, 0) is 32.6 Å². The van der Waals surface area contributed by atoms with Crippen molar-refractivity contribution in [3.63, 3.8) is 0 Å². The average Bonchev–Trinajstić information content (AvgIpc) is 2.88. The molecule has 0 aromatic heterocycles. The molecule has 7 nitrogen and oxygen atoms in total. The molecule has 0 radical (unpaired) electrons. The van der Waals surface area contributed by atoms with Crippen LogP contribution in [0.3, 0.4) is 0 Å². The van der Waals surface area contributed by atoms with Crippen LogP contribution in [0, 0.1) is 0 Å². The first-order valence-corrected chi connectivity index (χ1v) is 15.2. The highest BCUT2D eigenvalue weighted by Gasteiger charge is 2.33. The fourth-order valence-corrected chi connectivity index (χ4v) is 5.42. The number of benzene rings is 3. The molecule has 39 heavy (non-hydrogen) atoms. The molecule has 0 saturated heterocycles. The van der Waals surface area contributed by atoms with Crippen LogP contribution in [-0.4, -0.2) is 50.0 Å². The second-order valence-electron chi connectivity index (χ2n) is 9.43. The highest BCUT2D eigenvalue weighted by atomic mass is 35.5. The van der Waals surface area contributed by atoms with E-state index >= 15 is 0 Å². The standard InChI is InChI=1S/C29H33Cl2N3O4S/c1-4-21(2)32-29(36)27(15-22-11-7-5-8-12-22)33(19-23-13-9-6-10-14-23)28(35)20-34(39(3,37)38)26-17-24(30)16-25(31)18-26/h5-14,16-18,21,27H,4,15,19-20H2,1-3H3,(H,32,36)/t21-,27+/m0/s1. The smallest absolute Gasteiger partial charge is 0.244 e. The van der Waals surface area contributed by atoms with E-state index in [2.05, 4.69) is 5.32 Å². The third-order valence-corrected chi connectivity index (χ3v) is 7.86. The molecule has 0 aliphatic carbocycles. The monoisotopic (exact) mass is 589 g/mol. The van der Waals surface area contributed by atoms with E-state index < -0.39 is 28.5 Å². The van der Waals surface area contributed by atoms with Crippen LogP contribution in [0.25, 0.3) is 0 Å². The Balaban J connectivity index is 2.05. The number of hydrogen-bond acceptors (Lipinski definition) is 4. The third-order valence-electron chi connectivity index (χ3n) is 6.28. The molecule has 0 saturated carbocycles. The van der Waals surface area contributed by atoms with Gasteiger partial charge >= 0.3 is 0 Å². The van der Waals surface area contributed by atoms with E-state index in [4.69, 9.17) is 23.2 Å². The largest absolute Gasteiger partial charge is 0.352 e. The summed E-state index contributed by atoms with van der Waals surface area (Å²) in [5.74, 6) is -0.852. The van der Waals surface area contributed by atoms with Crippen molar-refractivity contribution in [3.05, 3.63) is 100 Å². The fourth-order valence-electron chi connectivity index (χ4n) is 4.07. The van der Waals surface area contributed by atoms with Gasteiger partial charge in [0.1, 0.15) is 12.6 Å². The maximum Gasteiger partial charge on any atom is 0.244 e. The van der Waals surface area contributed by atoms with Gasteiger partial charge in [-0.15, -0.1) is 0 Å². The SMILES string of the molecule is CC[C@H](C)NC(=O)[C@@H](Cc1ccccc1)N(Cc1ccccc1)C(=O)CN(c1cc(Cl)cc(Cl)c1)S(C)(=O)=O. The summed E-state index contributed by atoms with van der Waals surface area (Å²) in [4.78, 5) is 29.1. The van der Waals surface area contributed by atoms with Gasteiger partial charge in [0, 0.05) is 29.1 Å². The number of rotatable bonds is 12.